The zero-order valence-electron chi connectivity index (χ0n) is 12.0. The number of nitrogens with one attached hydrogen (secondary N) is 1. The summed E-state index contributed by atoms with van der Waals surface area (Å²) < 4.78 is 5.16. The van der Waals surface area contributed by atoms with E-state index in [4.69, 9.17) is 4.74 Å². The average molecular weight is 270 g/mol. The van der Waals surface area contributed by atoms with E-state index in [0.717, 1.165) is 6.42 Å². The molecule has 108 valence electrons. The Balaban J connectivity index is 2.39. The highest BCUT2D eigenvalue weighted by molar-refractivity contribution is 5.88. The summed E-state index contributed by atoms with van der Waals surface area (Å²) in [6, 6.07) is -0.718. The van der Waals surface area contributed by atoms with E-state index in [1.54, 1.807) is 27.7 Å². The first kappa shape index (κ1) is 15.5. The number of carbonyl (C=O) groups is 3. The second-order valence-electron chi connectivity index (χ2n) is 5.74. The second kappa shape index (κ2) is 6.04. The first-order chi connectivity index (χ1) is 8.69. The molecule has 1 aliphatic rings. The Kier molecular flexibility index (Phi) is 4.91. The largest absolute Gasteiger partial charge is 0.458 e. The predicted octanol–water partition coefficient (Wildman–Crippen LogP) is 0.455. The number of nitrogens with zero attached hydrogens (tertiary/aromatic N) is 1. The van der Waals surface area contributed by atoms with Gasteiger partial charge in [-0.1, -0.05) is 0 Å². The first-order valence-electron chi connectivity index (χ1n) is 6.49. The Morgan fingerprint density at radius 2 is 2.05 bits per heavy atom. The summed E-state index contributed by atoms with van der Waals surface area (Å²) in [5.74, 6) is -0.831. The number of hydrogen-bond donors (Lipinski definition) is 1. The Bertz CT molecular complexity index is 373. The maximum Gasteiger partial charge on any atom is 0.328 e. The van der Waals surface area contributed by atoms with Gasteiger partial charge in [0.2, 0.25) is 11.8 Å². The van der Waals surface area contributed by atoms with E-state index in [1.165, 1.54) is 4.90 Å². The standard InChI is InChI=1S/C13H22N2O4/c1-9(12(18)19-13(2,3)4)14-10(16)8-15-7-5-6-11(15)17/h9H,5-8H2,1-4H3,(H,14,16)/t9-/m1/s1. The van der Waals surface area contributed by atoms with Crippen LogP contribution in [0, 0.1) is 0 Å². The van der Waals surface area contributed by atoms with Crippen molar-refractivity contribution in [2.45, 2.75) is 52.2 Å². The SMILES string of the molecule is C[C@@H](NC(=O)CN1CCCC1=O)C(=O)OC(C)(C)C. The molecule has 1 heterocycles. The van der Waals surface area contributed by atoms with Gasteiger partial charge in [0.05, 0.1) is 6.54 Å². The van der Waals surface area contributed by atoms with Crippen LogP contribution in [0.25, 0.3) is 0 Å². The van der Waals surface area contributed by atoms with Gasteiger partial charge in [-0.15, -0.1) is 0 Å². The molecule has 0 aromatic rings. The molecule has 0 spiro atoms. The quantitative estimate of drug-likeness (QED) is 0.753. The van der Waals surface area contributed by atoms with Gasteiger partial charge in [-0.05, 0) is 34.1 Å². The number of ether oxygens (including phenoxy) is 1. The van der Waals surface area contributed by atoms with Gasteiger partial charge >= 0.3 is 5.97 Å². The van der Waals surface area contributed by atoms with Crippen LogP contribution in [0.15, 0.2) is 0 Å². The Labute approximate surface area is 113 Å². The molecule has 0 bridgehead atoms. The maximum atomic E-state index is 11.7. The first-order valence-corrected chi connectivity index (χ1v) is 6.49. The summed E-state index contributed by atoms with van der Waals surface area (Å²) in [7, 11) is 0. The van der Waals surface area contributed by atoms with Crippen LogP contribution >= 0.6 is 0 Å². The molecule has 2 amide bonds. The number of hydrogen-bond acceptors (Lipinski definition) is 4. The van der Waals surface area contributed by atoms with Crippen molar-refractivity contribution in [1.29, 1.82) is 0 Å². The summed E-state index contributed by atoms with van der Waals surface area (Å²) in [6.07, 6.45) is 1.28. The average Bonchev–Trinajstić information content (AvgIpc) is 2.61. The van der Waals surface area contributed by atoms with Crippen molar-refractivity contribution in [1.82, 2.24) is 10.2 Å². The van der Waals surface area contributed by atoms with Crippen molar-refractivity contribution in [2.24, 2.45) is 0 Å². The van der Waals surface area contributed by atoms with E-state index in [1.807, 2.05) is 0 Å². The highest BCUT2D eigenvalue weighted by Crippen LogP contribution is 2.10. The molecule has 1 atom stereocenters. The van der Waals surface area contributed by atoms with Gasteiger partial charge in [0.25, 0.3) is 0 Å². The Morgan fingerprint density at radius 1 is 1.42 bits per heavy atom. The summed E-state index contributed by atoms with van der Waals surface area (Å²) in [4.78, 5) is 36.3. The number of likely N-dealkylation sites (tertiary alicyclic amines) is 1. The van der Waals surface area contributed by atoms with E-state index < -0.39 is 17.6 Å². The third kappa shape index (κ3) is 5.28. The molecule has 19 heavy (non-hydrogen) atoms. The molecular weight excluding hydrogens is 248 g/mol. The maximum absolute atomic E-state index is 11.7. The molecule has 0 unspecified atom stereocenters. The minimum atomic E-state index is -0.718. The van der Waals surface area contributed by atoms with Crippen LogP contribution in [0.4, 0.5) is 0 Å². The zero-order chi connectivity index (χ0) is 14.6. The van der Waals surface area contributed by atoms with Crippen LogP contribution < -0.4 is 5.32 Å². The van der Waals surface area contributed by atoms with Gasteiger partial charge in [0.15, 0.2) is 0 Å². The van der Waals surface area contributed by atoms with Crippen molar-refractivity contribution in [3.63, 3.8) is 0 Å². The molecule has 0 radical (unpaired) electrons. The molecular formula is C13H22N2O4. The molecule has 1 saturated heterocycles. The molecule has 1 rings (SSSR count). The molecule has 6 nitrogen and oxygen atoms in total. The van der Waals surface area contributed by atoms with Crippen LogP contribution in [-0.2, 0) is 19.1 Å². The van der Waals surface area contributed by atoms with Gasteiger partial charge in [-0.2, -0.15) is 0 Å². The lowest BCUT2D eigenvalue weighted by molar-refractivity contribution is -0.158. The summed E-state index contributed by atoms with van der Waals surface area (Å²) in [5.41, 5.74) is -0.582. The zero-order valence-corrected chi connectivity index (χ0v) is 12.0. The summed E-state index contributed by atoms with van der Waals surface area (Å²) in [6.45, 7) is 7.48. The summed E-state index contributed by atoms with van der Waals surface area (Å²) in [5, 5.41) is 2.54. The molecule has 1 aliphatic heterocycles. The smallest absolute Gasteiger partial charge is 0.328 e. The molecule has 0 aromatic heterocycles. The predicted molar refractivity (Wildman–Crippen MR) is 69.3 cm³/mol. The van der Waals surface area contributed by atoms with E-state index >= 15 is 0 Å². The van der Waals surface area contributed by atoms with Crippen LogP contribution in [0.2, 0.25) is 0 Å². The van der Waals surface area contributed by atoms with Crippen LogP contribution in [0.5, 0.6) is 0 Å². The van der Waals surface area contributed by atoms with Gasteiger partial charge in [-0.3, -0.25) is 9.59 Å². The van der Waals surface area contributed by atoms with Crippen LogP contribution in [-0.4, -0.2) is 47.4 Å². The minimum absolute atomic E-state index is 0.00592. The molecule has 6 heteroatoms. The summed E-state index contributed by atoms with van der Waals surface area (Å²) >= 11 is 0. The Morgan fingerprint density at radius 3 is 2.53 bits per heavy atom. The fourth-order valence-corrected chi connectivity index (χ4v) is 1.78. The van der Waals surface area contributed by atoms with Crippen molar-refractivity contribution >= 4 is 17.8 Å². The van der Waals surface area contributed by atoms with Crippen molar-refractivity contribution in [3.05, 3.63) is 0 Å². The fourth-order valence-electron chi connectivity index (χ4n) is 1.78. The van der Waals surface area contributed by atoms with Crippen molar-refractivity contribution in [2.75, 3.05) is 13.1 Å². The van der Waals surface area contributed by atoms with Gasteiger partial charge in [0, 0.05) is 13.0 Å². The van der Waals surface area contributed by atoms with Crippen molar-refractivity contribution < 1.29 is 19.1 Å². The lowest BCUT2D eigenvalue weighted by atomic mass is 10.2. The number of rotatable bonds is 4. The lowest BCUT2D eigenvalue weighted by Gasteiger charge is -2.23. The fraction of sp³-hybridized carbons (Fsp3) is 0.769. The number of amides is 2. The topological polar surface area (TPSA) is 75.7 Å². The van der Waals surface area contributed by atoms with Crippen LogP contribution in [0.1, 0.15) is 40.5 Å². The van der Waals surface area contributed by atoms with Gasteiger partial charge < -0.3 is 15.0 Å². The highest BCUT2D eigenvalue weighted by Gasteiger charge is 2.26. The normalized spacial score (nSPS) is 17.3. The Hall–Kier alpha value is -1.59. The molecule has 1 N–H and O–H groups in total. The van der Waals surface area contributed by atoms with E-state index in [2.05, 4.69) is 5.32 Å². The van der Waals surface area contributed by atoms with E-state index in [9.17, 15) is 14.4 Å². The number of carbonyl (C=O) groups excluding carboxylic acids is 3. The number of esters is 1. The third-order valence-electron chi connectivity index (χ3n) is 2.64. The minimum Gasteiger partial charge on any atom is -0.458 e. The second-order valence-corrected chi connectivity index (χ2v) is 5.74. The van der Waals surface area contributed by atoms with Crippen molar-refractivity contribution in [3.8, 4) is 0 Å². The van der Waals surface area contributed by atoms with Gasteiger partial charge in [0.1, 0.15) is 11.6 Å². The molecule has 0 aliphatic carbocycles. The lowest BCUT2D eigenvalue weighted by Crippen LogP contribution is -2.46. The third-order valence-corrected chi connectivity index (χ3v) is 2.64. The molecule has 0 saturated carbocycles. The molecule has 0 aromatic carbocycles. The van der Waals surface area contributed by atoms with Gasteiger partial charge in [-0.25, -0.2) is 4.79 Å². The molecule has 1 fully saturated rings. The van der Waals surface area contributed by atoms with E-state index in [0.29, 0.717) is 13.0 Å². The monoisotopic (exact) mass is 270 g/mol. The van der Waals surface area contributed by atoms with E-state index in [-0.39, 0.29) is 18.4 Å². The highest BCUT2D eigenvalue weighted by atomic mass is 16.6. The van der Waals surface area contributed by atoms with Crippen LogP contribution in [0.3, 0.4) is 0 Å².